The highest BCUT2D eigenvalue weighted by Crippen LogP contribution is 2.60. The SMILES string of the molecule is CCC(CC(C)c1ccc(Oc2ccc(C3(c4ccc(C(C)(C)C)cc4)c4ccccc4-c4ccc(N(c5ccccc5)c5ccc6c(c5)C(c5ccccc5)(c5ccccc5)c5ccccc5-6)cc43)cc2)cc1)c1ccc(-c2ccc3c(c2)CC3)cc1. The number of hydrogen-bond donors (Lipinski definition) is 0. The minimum atomic E-state index is -0.673. The molecular formula is C86H73NO. The number of nitrogens with zero attached hydrogens (tertiary/aromatic N) is 1. The van der Waals surface area contributed by atoms with Gasteiger partial charge in [0.05, 0.1) is 10.8 Å². The standard InChI is InChI=1S/C86H73NO/c1-6-59(61-30-32-62(33-31-61)64-36-34-63-35-37-65(63)55-64)54-58(2)60-38-48-74(49-39-60)88-75-50-44-70(45-51-75)86(69-42-40-66(41-43-69)84(3,4)5)81-29-19-17-27-77(81)79-53-47-73(57-83(79)86)87(71-24-14-9-15-25-71)72-46-52-78-76-26-16-18-28-80(76)85(82(78)56-72,67-20-10-7-11-21-67)68-22-12-8-13-23-68/h7-34,36,38-53,55-59H,6,35,37,54H2,1-5H3. The second-order valence-electron chi connectivity index (χ2n) is 25.8. The van der Waals surface area contributed by atoms with Crippen LogP contribution in [0.15, 0.2) is 291 Å². The largest absolute Gasteiger partial charge is 0.457 e. The third-order valence-corrected chi connectivity index (χ3v) is 19.9. The Bertz CT molecular complexity index is 4460. The van der Waals surface area contributed by atoms with Gasteiger partial charge in [0, 0.05) is 17.1 Å². The molecule has 0 fully saturated rings. The first-order valence-electron chi connectivity index (χ1n) is 31.8. The first kappa shape index (κ1) is 54.9. The van der Waals surface area contributed by atoms with E-state index in [1.165, 1.54) is 119 Å². The molecule has 88 heavy (non-hydrogen) atoms. The molecule has 3 aliphatic carbocycles. The second kappa shape index (κ2) is 22.2. The van der Waals surface area contributed by atoms with Gasteiger partial charge in [0.1, 0.15) is 11.5 Å². The van der Waals surface area contributed by atoms with E-state index in [0.717, 1.165) is 41.4 Å². The van der Waals surface area contributed by atoms with Crippen LogP contribution in [0, 0.1) is 0 Å². The monoisotopic (exact) mass is 1140 g/mol. The van der Waals surface area contributed by atoms with Crippen molar-refractivity contribution in [3.8, 4) is 44.9 Å². The van der Waals surface area contributed by atoms with Crippen LogP contribution in [-0.2, 0) is 29.1 Å². The normalized spacial score (nSPS) is 15.6. The van der Waals surface area contributed by atoms with E-state index in [9.17, 15) is 0 Å². The first-order valence-corrected chi connectivity index (χ1v) is 31.8. The predicted octanol–water partition coefficient (Wildman–Crippen LogP) is 22.4. The molecule has 0 radical (unpaired) electrons. The van der Waals surface area contributed by atoms with E-state index in [1.54, 1.807) is 0 Å². The lowest BCUT2D eigenvalue weighted by Crippen LogP contribution is -2.29. The van der Waals surface area contributed by atoms with Gasteiger partial charge in [0.15, 0.2) is 0 Å². The van der Waals surface area contributed by atoms with Crippen molar-refractivity contribution in [3.63, 3.8) is 0 Å². The molecule has 0 N–H and O–H groups in total. The summed E-state index contributed by atoms with van der Waals surface area (Å²) >= 11 is 0. The number of rotatable bonds is 15. The van der Waals surface area contributed by atoms with Gasteiger partial charge in [-0.25, -0.2) is 0 Å². The minimum absolute atomic E-state index is 0.0141. The quantitative estimate of drug-likeness (QED) is 0.101. The molecule has 0 aromatic heterocycles. The molecule has 0 amide bonds. The van der Waals surface area contributed by atoms with Crippen LogP contribution in [0.4, 0.5) is 17.1 Å². The van der Waals surface area contributed by atoms with E-state index in [-0.39, 0.29) is 5.41 Å². The van der Waals surface area contributed by atoms with E-state index in [1.807, 2.05) is 0 Å². The van der Waals surface area contributed by atoms with Crippen LogP contribution >= 0.6 is 0 Å². The van der Waals surface area contributed by atoms with Crippen LogP contribution in [0.5, 0.6) is 11.5 Å². The number of ether oxygens (including phenoxy) is 1. The average Bonchev–Trinajstić information content (AvgIpc) is 1.83. The van der Waals surface area contributed by atoms with Crippen LogP contribution in [0.2, 0.25) is 0 Å². The fraction of sp³-hybridized carbons (Fsp3) is 0.163. The van der Waals surface area contributed by atoms with Crippen molar-refractivity contribution in [1.29, 1.82) is 0 Å². The topological polar surface area (TPSA) is 12.5 Å². The predicted molar refractivity (Wildman–Crippen MR) is 366 cm³/mol. The zero-order valence-corrected chi connectivity index (χ0v) is 51.1. The molecule has 3 unspecified atom stereocenters. The fourth-order valence-electron chi connectivity index (χ4n) is 15.2. The molecule has 2 nitrogen and oxygen atoms in total. The molecule has 12 aromatic carbocycles. The lowest BCUT2D eigenvalue weighted by molar-refractivity contribution is 0.481. The molecule has 0 bridgehead atoms. The maximum absolute atomic E-state index is 6.76. The number of anilines is 3. The molecule has 0 aliphatic heterocycles. The van der Waals surface area contributed by atoms with Crippen molar-refractivity contribution >= 4 is 17.1 Å². The van der Waals surface area contributed by atoms with E-state index >= 15 is 0 Å². The van der Waals surface area contributed by atoms with Crippen molar-refractivity contribution in [3.05, 3.63) is 364 Å². The summed E-state index contributed by atoms with van der Waals surface area (Å²) in [6.45, 7) is 11.6. The lowest BCUT2D eigenvalue weighted by Gasteiger charge is -2.36. The highest BCUT2D eigenvalue weighted by molar-refractivity contribution is 5.92. The van der Waals surface area contributed by atoms with Gasteiger partial charge in [-0.1, -0.05) is 265 Å². The molecule has 12 aromatic rings. The van der Waals surface area contributed by atoms with Crippen molar-refractivity contribution < 1.29 is 4.74 Å². The van der Waals surface area contributed by atoms with Gasteiger partial charge in [-0.15, -0.1) is 0 Å². The van der Waals surface area contributed by atoms with Crippen molar-refractivity contribution in [2.24, 2.45) is 0 Å². The van der Waals surface area contributed by atoms with Crippen LogP contribution in [0.3, 0.4) is 0 Å². The molecule has 0 saturated heterocycles. The molecule has 0 heterocycles. The minimum Gasteiger partial charge on any atom is -0.457 e. The Kier molecular flexibility index (Phi) is 13.8. The number of para-hydroxylation sites is 1. The maximum atomic E-state index is 6.76. The van der Waals surface area contributed by atoms with E-state index in [0.29, 0.717) is 11.8 Å². The van der Waals surface area contributed by atoms with Gasteiger partial charge < -0.3 is 9.64 Å². The third kappa shape index (κ3) is 9.23. The molecule has 2 heteroatoms. The summed E-state index contributed by atoms with van der Waals surface area (Å²) in [6.07, 6.45) is 4.61. The summed E-state index contributed by atoms with van der Waals surface area (Å²) in [5, 5.41) is 0. The zero-order chi connectivity index (χ0) is 59.6. The van der Waals surface area contributed by atoms with Crippen LogP contribution < -0.4 is 9.64 Å². The summed E-state index contributed by atoms with van der Waals surface area (Å²) < 4.78 is 6.76. The number of aryl methyl sites for hydroxylation is 2. The lowest BCUT2D eigenvalue weighted by atomic mass is 9.67. The molecular weight excluding hydrogens is 1060 g/mol. The van der Waals surface area contributed by atoms with Gasteiger partial charge in [0.25, 0.3) is 0 Å². The Balaban J connectivity index is 0.793. The summed E-state index contributed by atoms with van der Waals surface area (Å²) in [5.41, 5.74) is 26.7. The second-order valence-corrected chi connectivity index (χ2v) is 25.8. The van der Waals surface area contributed by atoms with E-state index in [2.05, 4.69) is 331 Å². The summed E-state index contributed by atoms with van der Waals surface area (Å²) in [7, 11) is 0. The summed E-state index contributed by atoms with van der Waals surface area (Å²) in [6, 6.07) is 109. The highest BCUT2D eigenvalue weighted by Gasteiger charge is 2.48. The third-order valence-electron chi connectivity index (χ3n) is 19.9. The summed E-state index contributed by atoms with van der Waals surface area (Å²) in [4.78, 5) is 2.47. The van der Waals surface area contributed by atoms with Crippen molar-refractivity contribution in [2.75, 3.05) is 4.90 Å². The zero-order valence-electron chi connectivity index (χ0n) is 51.1. The van der Waals surface area contributed by atoms with Gasteiger partial charge in [-0.3, -0.25) is 0 Å². The van der Waals surface area contributed by atoms with Crippen molar-refractivity contribution in [1.82, 2.24) is 0 Å². The Labute approximate surface area is 520 Å². The van der Waals surface area contributed by atoms with Crippen LogP contribution in [0.1, 0.15) is 132 Å². The molecule has 0 spiro atoms. The molecule has 3 atom stereocenters. The van der Waals surface area contributed by atoms with Crippen molar-refractivity contribution in [2.45, 2.75) is 88.4 Å². The smallest absolute Gasteiger partial charge is 0.127 e. The van der Waals surface area contributed by atoms with Gasteiger partial charge in [0.2, 0.25) is 0 Å². The molecule has 15 rings (SSSR count). The van der Waals surface area contributed by atoms with Crippen LogP contribution in [0.25, 0.3) is 33.4 Å². The molecule has 0 saturated carbocycles. The van der Waals surface area contributed by atoms with Gasteiger partial charge in [-0.2, -0.15) is 0 Å². The Morgan fingerprint density at radius 1 is 0.386 bits per heavy atom. The summed E-state index contributed by atoms with van der Waals surface area (Å²) in [5.74, 6) is 2.50. The number of hydrogen-bond acceptors (Lipinski definition) is 2. The first-order chi connectivity index (χ1) is 43.1. The average molecular weight is 1140 g/mol. The molecule has 3 aliphatic rings. The maximum Gasteiger partial charge on any atom is 0.127 e. The number of fused-ring (bicyclic) bond motifs is 7. The highest BCUT2D eigenvalue weighted by atomic mass is 16.5. The Morgan fingerprint density at radius 2 is 0.830 bits per heavy atom. The van der Waals surface area contributed by atoms with Gasteiger partial charge >= 0.3 is 0 Å². The van der Waals surface area contributed by atoms with E-state index < -0.39 is 10.8 Å². The van der Waals surface area contributed by atoms with Gasteiger partial charge in [-0.05, 0) is 209 Å². The van der Waals surface area contributed by atoms with E-state index in [4.69, 9.17) is 4.74 Å². The van der Waals surface area contributed by atoms with Crippen LogP contribution in [-0.4, -0.2) is 0 Å². The fourth-order valence-corrected chi connectivity index (χ4v) is 15.2. The Hall–Kier alpha value is -9.76. The molecule has 428 valence electrons. The number of benzene rings is 12. The Morgan fingerprint density at radius 3 is 1.33 bits per heavy atom.